The van der Waals surface area contributed by atoms with Crippen LogP contribution in [0.4, 0.5) is 9.59 Å². The zero-order chi connectivity index (χ0) is 50.3. The molecule has 19 nitrogen and oxygen atoms in total. The van der Waals surface area contributed by atoms with E-state index in [0.717, 1.165) is 18.7 Å². The zero-order valence-electron chi connectivity index (χ0n) is 40.0. The number of fused-ring (bicyclic) bond motifs is 5. The lowest BCUT2D eigenvalue weighted by atomic mass is 9.44. The third-order valence-electron chi connectivity index (χ3n) is 14.2. The molecule has 2 bridgehead atoms. The number of amides is 3. The quantitative estimate of drug-likeness (QED) is 0.128. The van der Waals surface area contributed by atoms with Crippen molar-refractivity contribution in [1.29, 1.82) is 0 Å². The van der Waals surface area contributed by atoms with Gasteiger partial charge in [-0.15, -0.1) is 0 Å². The molecule has 6 rings (SSSR count). The minimum Gasteiger partial charge on any atom is -0.455 e. The first-order valence-electron chi connectivity index (χ1n) is 22.6. The summed E-state index contributed by atoms with van der Waals surface area (Å²) >= 11 is 0. The molecule has 19 heteroatoms. The van der Waals surface area contributed by atoms with Gasteiger partial charge in [0.05, 0.1) is 30.3 Å². The number of ether oxygens (including phenoxy) is 6. The normalized spacial score (nSPS) is 30.1. The van der Waals surface area contributed by atoms with Crippen LogP contribution in [-0.4, -0.2) is 155 Å². The largest absolute Gasteiger partial charge is 0.455 e. The predicted octanol–water partition coefficient (Wildman–Crippen LogP) is 3.42. The van der Waals surface area contributed by atoms with Crippen LogP contribution in [0.2, 0.25) is 0 Å². The first-order valence-corrected chi connectivity index (χ1v) is 22.6. The molecule has 1 unspecified atom stereocenters. The number of Topliss-reactive ketones (excluding diaryl/α,β-unsaturated/α-hetero) is 1. The van der Waals surface area contributed by atoms with Gasteiger partial charge in [-0.1, -0.05) is 62.4 Å². The maximum atomic E-state index is 15.3. The van der Waals surface area contributed by atoms with E-state index in [1.165, 1.54) is 46.7 Å². The molecule has 11 atom stereocenters. The van der Waals surface area contributed by atoms with Crippen LogP contribution < -0.4 is 5.32 Å². The number of esters is 3. The lowest BCUT2D eigenvalue weighted by molar-refractivity contribution is -0.346. The van der Waals surface area contributed by atoms with Crippen molar-refractivity contribution in [2.45, 2.75) is 128 Å². The van der Waals surface area contributed by atoms with Crippen molar-refractivity contribution >= 4 is 41.8 Å². The van der Waals surface area contributed by atoms with E-state index in [2.05, 4.69) is 5.32 Å². The molecule has 4 N–H and O–H groups in total. The highest BCUT2D eigenvalue weighted by molar-refractivity contribution is 5.96. The summed E-state index contributed by atoms with van der Waals surface area (Å²) in [6.45, 7) is 11.1. The van der Waals surface area contributed by atoms with Gasteiger partial charge in [0.25, 0.3) is 5.91 Å². The number of rotatable bonds is 13. The second-order valence-corrected chi connectivity index (χ2v) is 19.2. The van der Waals surface area contributed by atoms with E-state index in [-0.39, 0.29) is 42.8 Å². The number of aliphatic hydroxyl groups excluding tert-OH is 2. The number of carbonyl (C=O) groups excluding carboxylic acids is 7. The molecular weight excluding hydrogens is 887 g/mol. The van der Waals surface area contributed by atoms with Crippen LogP contribution in [-0.2, 0) is 47.6 Å². The smallest absolute Gasteiger partial charge is 0.410 e. The van der Waals surface area contributed by atoms with Gasteiger partial charge in [0.1, 0.15) is 23.9 Å². The van der Waals surface area contributed by atoms with Crippen molar-refractivity contribution in [3.8, 4) is 0 Å². The highest BCUT2D eigenvalue weighted by atomic mass is 16.6. The summed E-state index contributed by atoms with van der Waals surface area (Å²) in [7, 11) is 2.85. The minimum atomic E-state index is -2.42. The molecule has 1 heterocycles. The summed E-state index contributed by atoms with van der Waals surface area (Å²) in [4.78, 5) is 98.9. The number of hydrogen-bond donors (Lipinski definition) is 4. The third-order valence-corrected chi connectivity index (χ3v) is 14.2. The molecule has 1 saturated heterocycles. The Balaban J connectivity index is 1.46. The minimum absolute atomic E-state index is 0.00440. The molecule has 3 amide bonds. The summed E-state index contributed by atoms with van der Waals surface area (Å²) < 4.78 is 35.0. The summed E-state index contributed by atoms with van der Waals surface area (Å²) in [5, 5.41) is 40.7. The van der Waals surface area contributed by atoms with Crippen molar-refractivity contribution in [2.24, 2.45) is 16.7 Å². The lowest BCUT2D eigenvalue weighted by Gasteiger charge is -2.67. The van der Waals surface area contributed by atoms with Crippen LogP contribution in [0.5, 0.6) is 0 Å². The molecule has 1 aliphatic heterocycles. The van der Waals surface area contributed by atoms with Gasteiger partial charge in [-0.3, -0.25) is 19.2 Å². The first kappa shape index (κ1) is 51.5. The van der Waals surface area contributed by atoms with Gasteiger partial charge in [0.15, 0.2) is 17.5 Å². The molecule has 3 fully saturated rings. The number of ketones is 1. The van der Waals surface area contributed by atoms with Crippen LogP contribution in [0.15, 0.2) is 71.8 Å². The summed E-state index contributed by atoms with van der Waals surface area (Å²) in [6, 6.07) is 14.8. The number of likely N-dealkylation sites (N-methyl/N-ethyl adjacent to an activating group) is 2. The molecule has 3 aliphatic carbocycles. The van der Waals surface area contributed by atoms with Gasteiger partial charge < -0.3 is 58.9 Å². The first-order chi connectivity index (χ1) is 31.8. The Kier molecular flexibility index (Phi) is 14.9. The maximum Gasteiger partial charge on any atom is 0.410 e. The van der Waals surface area contributed by atoms with Crippen molar-refractivity contribution in [2.75, 3.05) is 33.8 Å². The van der Waals surface area contributed by atoms with Gasteiger partial charge >= 0.3 is 30.1 Å². The fourth-order valence-electron chi connectivity index (χ4n) is 10.4. The molecule has 0 aromatic heterocycles. The topological polar surface area (TPSA) is 254 Å². The van der Waals surface area contributed by atoms with Crippen LogP contribution in [0.3, 0.4) is 0 Å². The average molecular weight is 950 g/mol. The Labute approximate surface area is 395 Å². The molecule has 0 spiro atoms. The van der Waals surface area contributed by atoms with E-state index in [1.807, 2.05) is 0 Å². The average Bonchev–Trinajstić information content (AvgIpc) is 3.27. The SMILES string of the molecule is CC(=O)O[C@H]1C(=O)[C@@]2(C)C([C@H](O)[C@]3(O)C[C@H](OC(=O)[C@H](OC(=O)N(C)CCN(C)C(=O)OC(C)C)[C@@H](NC(=O)c4ccccc4)c4ccccc4)C(C)=C1C3(C)C)[C@]1(OC(C)=O)CO[C@@H]1C[C@@H]2O. The zero-order valence-corrected chi connectivity index (χ0v) is 40.0. The molecule has 2 aromatic rings. The van der Waals surface area contributed by atoms with E-state index >= 15 is 9.59 Å². The fraction of sp³-hybridized carbons (Fsp3) is 0.571. The standard InChI is InChI=1S/C49H63N3O16/c1-26(2)64-44(60)51(9)21-22-52(10)45(61)67-38(36(30-17-13-11-14-18-30)50-42(58)31-19-15-12-16-20-31)43(59)66-32-24-49(62)41(57)39-47(8,33(55)23-34-48(39,25-63-34)68-29(5)54)40(56)37(65-28(4)53)35(27(32)3)46(49,6)7/h11-20,26,32-34,36-39,41,55,57,62H,21-25H2,1-10H3,(H,50,58)/t32-,33-,34+,36-,37+,38+,39?,41-,47+,48-,49+/m0/s1. The molecule has 2 aromatic carbocycles. The van der Waals surface area contributed by atoms with Crippen LogP contribution >= 0.6 is 0 Å². The summed E-state index contributed by atoms with van der Waals surface area (Å²) in [5.41, 5.74) is -7.23. The van der Waals surface area contributed by atoms with E-state index < -0.39 is 125 Å². The molecule has 4 aliphatic rings. The Morgan fingerprint density at radius 2 is 1.43 bits per heavy atom. The van der Waals surface area contributed by atoms with E-state index in [0.29, 0.717) is 5.56 Å². The van der Waals surface area contributed by atoms with Gasteiger partial charge in [-0.2, -0.15) is 0 Å². The van der Waals surface area contributed by atoms with Crippen molar-refractivity contribution in [3.05, 3.63) is 82.9 Å². The lowest BCUT2D eigenvalue weighted by Crippen LogP contribution is -2.81. The monoisotopic (exact) mass is 949 g/mol. The van der Waals surface area contributed by atoms with Gasteiger partial charge in [0, 0.05) is 70.8 Å². The highest BCUT2D eigenvalue weighted by Crippen LogP contribution is 2.63. The Morgan fingerprint density at radius 1 is 0.853 bits per heavy atom. The molecule has 68 heavy (non-hydrogen) atoms. The molecule has 370 valence electrons. The summed E-state index contributed by atoms with van der Waals surface area (Å²) in [6.07, 6.45) is -12.8. The van der Waals surface area contributed by atoms with Crippen LogP contribution in [0.1, 0.15) is 90.2 Å². The number of benzene rings is 2. The molecule has 0 radical (unpaired) electrons. The maximum absolute atomic E-state index is 15.3. The third kappa shape index (κ3) is 9.32. The van der Waals surface area contributed by atoms with Crippen LogP contribution in [0.25, 0.3) is 0 Å². The number of nitrogens with zero attached hydrogens (tertiary/aromatic N) is 2. The summed E-state index contributed by atoms with van der Waals surface area (Å²) in [5.74, 6) is -6.02. The second kappa shape index (κ2) is 19.6. The predicted molar refractivity (Wildman–Crippen MR) is 239 cm³/mol. The van der Waals surface area contributed by atoms with Crippen LogP contribution in [0, 0.1) is 16.7 Å². The second-order valence-electron chi connectivity index (χ2n) is 19.2. The number of aliphatic hydroxyl groups is 3. The number of carbonyl (C=O) groups is 7. The van der Waals surface area contributed by atoms with Crippen molar-refractivity contribution in [3.63, 3.8) is 0 Å². The van der Waals surface area contributed by atoms with Crippen molar-refractivity contribution < 1.29 is 77.3 Å². The fourth-order valence-corrected chi connectivity index (χ4v) is 10.4. The highest BCUT2D eigenvalue weighted by Gasteiger charge is 2.77. The van der Waals surface area contributed by atoms with Gasteiger partial charge in [-0.25, -0.2) is 14.4 Å². The van der Waals surface area contributed by atoms with Gasteiger partial charge in [0.2, 0.25) is 6.10 Å². The van der Waals surface area contributed by atoms with E-state index in [9.17, 15) is 39.3 Å². The molecular formula is C49H63N3O16. The number of hydrogen-bond acceptors (Lipinski definition) is 16. The Bertz CT molecular complexity index is 2310. The van der Waals surface area contributed by atoms with E-state index in [4.69, 9.17) is 28.4 Å². The van der Waals surface area contributed by atoms with Gasteiger partial charge in [-0.05, 0) is 56.5 Å². The number of nitrogens with one attached hydrogen (secondary N) is 1. The van der Waals surface area contributed by atoms with Crippen molar-refractivity contribution in [1.82, 2.24) is 15.1 Å². The molecule has 2 saturated carbocycles. The van der Waals surface area contributed by atoms with E-state index in [1.54, 1.807) is 74.5 Å². The Hall–Kier alpha value is -5.89. The Morgan fingerprint density at radius 3 is 1.96 bits per heavy atom.